The molecule has 1 unspecified atom stereocenters. The van der Waals surface area contributed by atoms with Crippen LogP contribution in [0.2, 0.25) is 0 Å². The fourth-order valence-electron chi connectivity index (χ4n) is 6.16. The Morgan fingerprint density at radius 3 is 2.42 bits per heavy atom. The van der Waals surface area contributed by atoms with Gasteiger partial charge in [-0.15, -0.1) is 0 Å². The maximum atomic E-state index is 6.35. The van der Waals surface area contributed by atoms with Crippen molar-refractivity contribution >= 4 is 11.5 Å². The standard InChI is InChI=1S/C32H39N3O3/c1-36-28-13-11-25(12-14-28)23-37-32-20-27(34-21-29-15-16-30(22-34)38-29)19-31(33-32)35-17-7-3-6-10-26(35)18-24-8-4-2-5-9-24/h2,4-5,8-9,11-14,19-20,26,29-30H,3,6-7,10,15-18,21-23H2,1H3/t26?,29-,30+. The maximum Gasteiger partial charge on any atom is 0.217 e. The van der Waals surface area contributed by atoms with E-state index in [1.54, 1.807) is 7.11 Å². The van der Waals surface area contributed by atoms with E-state index in [0.717, 1.165) is 56.0 Å². The van der Waals surface area contributed by atoms with Gasteiger partial charge >= 0.3 is 0 Å². The first-order valence-corrected chi connectivity index (χ1v) is 14.2. The molecule has 3 aromatic rings. The number of pyridine rings is 1. The smallest absolute Gasteiger partial charge is 0.217 e. The number of methoxy groups -OCH3 is 1. The minimum absolute atomic E-state index is 0.332. The summed E-state index contributed by atoms with van der Waals surface area (Å²) in [6.45, 7) is 3.37. The SMILES string of the molecule is COc1ccc(COc2cc(N3C[C@H]4CC[C@@H](C3)O4)cc(N3CCCCCC3Cc3ccccc3)n2)cc1. The van der Waals surface area contributed by atoms with Crippen molar-refractivity contribution in [2.45, 2.75) is 69.8 Å². The minimum atomic E-state index is 0.332. The third-order valence-corrected chi connectivity index (χ3v) is 8.21. The number of morpholine rings is 1. The molecule has 4 heterocycles. The molecule has 200 valence electrons. The van der Waals surface area contributed by atoms with Gasteiger partial charge in [-0.25, -0.2) is 0 Å². The van der Waals surface area contributed by atoms with E-state index in [-0.39, 0.29) is 0 Å². The van der Waals surface area contributed by atoms with Crippen molar-refractivity contribution in [2.24, 2.45) is 0 Å². The molecule has 3 fully saturated rings. The summed E-state index contributed by atoms with van der Waals surface area (Å²) in [7, 11) is 1.69. The number of hydrogen-bond donors (Lipinski definition) is 0. The Morgan fingerprint density at radius 1 is 0.868 bits per heavy atom. The number of aromatic nitrogens is 1. The van der Waals surface area contributed by atoms with Gasteiger partial charge in [0.05, 0.1) is 19.3 Å². The first kappa shape index (κ1) is 25.1. The number of ether oxygens (including phenoxy) is 3. The molecule has 0 amide bonds. The van der Waals surface area contributed by atoms with Crippen LogP contribution in [0.25, 0.3) is 0 Å². The van der Waals surface area contributed by atoms with Crippen molar-refractivity contribution in [1.29, 1.82) is 0 Å². The van der Waals surface area contributed by atoms with Crippen LogP contribution in [0.5, 0.6) is 11.6 Å². The van der Waals surface area contributed by atoms with Crippen LogP contribution in [0.4, 0.5) is 11.5 Å². The first-order valence-electron chi connectivity index (χ1n) is 14.2. The molecule has 6 nitrogen and oxygen atoms in total. The third-order valence-electron chi connectivity index (χ3n) is 8.21. The Hall–Kier alpha value is -3.25. The van der Waals surface area contributed by atoms with Crippen LogP contribution in [-0.4, -0.2) is 50.0 Å². The zero-order valence-corrected chi connectivity index (χ0v) is 22.4. The molecule has 0 radical (unpaired) electrons. The van der Waals surface area contributed by atoms with Crippen LogP contribution in [-0.2, 0) is 17.8 Å². The molecule has 6 rings (SSSR count). The molecule has 3 saturated heterocycles. The molecule has 2 aromatic carbocycles. The predicted molar refractivity (Wildman–Crippen MR) is 151 cm³/mol. The molecule has 2 bridgehead atoms. The average molecular weight is 514 g/mol. The van der Waals surface area contributed by atoms with Gasteiger partial charge in [0.25, 0.3) is 0 Å². The highest BCUT2D eigenvalue weighted by Gasteiger charge is 2.34. The third kappa shape index (κ3) is 5.91. The molecular weight excluding hydrogens is 474 g/mol. The number of nitrogens with zero attached hydrogens (tertiary/aromatic N) is 3. The molecule has 0 N–H and O–H groups in total. The molecule has 0 aliphatic carbocycles. The van der Waals surface area contributed by atoms with Gasteiger partial charge in [-0.05, 0) is 55.4 Å². The van der Waals surface area contributed by atoms with Crippen molar-refractivity contribution in [1.82, 2.24) is 4.98 Å². The van der Waals surface area contributed by atoms with Gasteiger partial charge in [-0.3, -0.25) is 0 Å². The lowest BCUT2D eigenvalue weighted by Crippen LogP contribution is -2.43. The predicted octanol–water partition coefficient (Wildman–Crippen LogP) is 6.03. The summed E-state index contributed by atoms with van der Waals surface area (Å²) in [5, 5.41) is 0. The van der Waals surface area contributed by atoms with Gasteiger partial charge in [0, 0.05) is 43.5 Å². The highest BCUT2D eigenvalue weighted by atomic mass is 16.5. The number of anilines is 2. The van der Waals surface area contributed by atoms with Gasteiger partial charge in [0.1, 0.15) is 18.2 Å². The zero-order valence-electron chi connectivity index (χ0n) is 22.4. The molecule has 0 spiro atoms. The monoisotopic (exact) mass is 513 g/mol. The number of hydrogen-bond acceptors (Lipinski definition) is 6. The molecule has 38 heavy (non-hydrogen) atoms. The van der Waals surface area contributed by atoms with Crippen LogP contribution >= 0.6 is 0 Å². The van der Waals surface area contributed by atoms with Gasteiger partial charge in [0.2, 0.25) is 5.88 Å². The van der Waals surface area contributed by atoms with Crippen LogP contribution in [0.3, 0.4) is 0 Å². The second-order valence-corrected chi connectivity index (χ2v) is 10.9. The Balaban J connectivity index is 1.29. The molecule has 1 aromatic heterocycles. The van der Waals surface area contributed by atoms with Crippen molar-refractivity contribution < 1.29 is 14.2 Å². The topological polar surface area (TPSA) is 47.1 Å². The zero-order chi connectivity index (χ0) is 25.7. The summed E-state index contributed by atoms with van der Waals surface area (Å²) < 4.78 is 17.8. The van der Waals surface area contributed by atoms with E-state index in [1.165, 1.54) is 36.9 Å². The Kier molecular flexibility index (Phi) is 7.68. The Labute approximate surface area is 226 Å². The van der Waals surface area contributed by atoms with Crippen LogP contribution in [0.1, 0.15) is 49.7 Å². The summed E-state index contributed by atoms with van der Waals surface area (Å²) in [6.07, 6.45) is 8.94. The Bertz CT molecular complexity index is 1170. The molecule has 3 aliphatic rings. The van der Waals surface area contributed by atoms with E-state index in [9.17, 15) is 0 Å². The fourth-order valence-corrected chi connectivity index (χ4v) is 6.16. The average Bonchev–Trinajstić information content (AvgIpc) is 3.14. The van der Waals surface area contributed by atoms with Gasteiger partial charge in [0.15, 0.2) is 0 Å². The van der Waals surface area contributed by atoms with Crippen LogP contribution < -0.4 is 19.3 Å². The molecular formula is C32H39N3O3. The van der Waals surface area contributed by atoms with E-state index in [4.69, 9.17) is 19.2 Å². The van der Waals surface area contributed by atoms with Gasteiger partial charge in [-0.1, -0.05) is 55.3 Å². The lowest BCUT2D eigenvalue weighted by atomic mass is 10.0. The highest BCUT2D eigenvalue weighted by molar-refractivity contribution is 5.59. The molecule has 0 saturated carbocycles. The Morgan fingerprint density at radius 2 is 1.66 bits per heavy atom. The summed E-state index contributed by atoms with van der Waals surface area (Å²) >= 11 is 0. The minimum Gasteiger partial charge on any atom is -0.497 e. The van der Waals surface area contributed by atoms with E-state index < -0.39 is 0 Å². The summed E-state index contributed by atoms with van der Waals surface area (Å²) in [5.41, 5.74) is 3.68. The first-order chi connectivity index (χ1) is 18.7. The van der Waals surface area contributed by atoms with Crippen LogP contribution in [0.15, 0.2) is 66.7 Å². The number of rotatable bonds is 8. The van der Waals surface area contributed by atoms with E-state index in [1.807, 2.05) is 24.3 Å². The fraction of sp³-hybridized carbons (Fsp3) is 0.469. The molecule has 3 aliphatic heterocycles. The summed E-state index contributed by atoms with van der Waals surface area (Å²) in [4.78, 5) is 10.2. The second-order valence-electron chi connectivity index (χ2n) is 10.9. The van der Waals surface area contributed by atoms with Crippen molar-refractivity contribution in [3.63, 3.8) is 0 Å². The molecule has 6 heteroatoms. The van der Waals surface area contributed by atoms with Crippen molar-refractivity contribution in [3.05, 3.63) is 77.9 Å². The lowest BCUT2D eigenvalue weighted by Gasteiger charge is -2.36. The van der Waals surface area contributed by atoms with E-state index >= 15 is 0 Å². The summed E-state index contributed by atoms with van der Waals surface area (Å²) in [5.74, 6) is 2.58. The number of fused-ring (bicyclic) bond motifs is 2. The van der Waals surface area contributed by atoms with Crippen molar-refractivity contribution in [3.8, 4) is 11.6 Å². The normalized spacial score (nSPS) is 23.2. The number of benzene rings is 2. The highest BCUT2D eigenvalue weighted by Crippen LogP contribution is 2.35. The maximum absolute atomic E-state index is 6.35. The van der Waals surface area contributed by atoms with E-state index in [2.05, 4.69) is 52.3 Å². The summed E-state index contributed by atoms with van der Waals surface area (Å²) in [6, 6.07) is 23.8. The van der Waals surface area contributed by atoms with Gasteiger partial charge in [-0.2, -0.15) is 4.98 Å². The largest absolute Gasteiger partial charge is 0.497 e. The van der Waals surface area contributed by atoms with E-state index in [0.29, 0.717) is 30.7 Å². The lowest BCUT2D eigenvalue weighted by molar-refractivity contribution is 0.0304. The van der Waals surface area contributed by atoms with Crippen molar-refractivity contribution in [2.75, 3.05) is 36.5 Å². The molecule has 3 atom stereocenters. The second kappa shape index (κ2) is 11.6. The quantitative estimate of drug-likeness (QED) is 0.367. The van der Waals surface area contributed by atoms with Gasteiger partial charge < -0.3 is 24.0 Å². The van der Waals surface area contributed by atoms with Crippen LogP contribution in [0, 0.1) is 0 Å².